The van der Waals surface area contributed by atoms with Gasteiger partial charge in [-0.3, -0.25) is 4.68 Å². The average Bonchev–Trinajstić information content (AvgIpc) is 3.66. The fourth-order valence-electron chi connectivity index (χ4n) is 4.95. The minimum absolute atomic E-state index is 0.0152. The van der Waals surface area contributed by atoms with Crippen LogP contribution in [0.4, 0.5) is 10.3 Å². The maximum absolute atomic E-state index is 13.3. The van der Waals surface area contributed by atoms with E-state index in [-0.39, 0.29) is 12.4 Å². The molecule has 0 amide bonds. The third-order valence-corrected chi connectivity index (χ3v) is 7.73. The highest BCUT2D eigenvalue weighted by atomic mass is 19.1. The van der Waals surface area contributed by atoms with Crippen LogP contribution in [0.2, 0.25) is 0 Å². The number of hydrogen-bond acceptors (Lipinski definition) is 8. The van der Waals surface area contributed by atoms with Crippen molar-refractivity contribution in [1.82, 2.24) is 34.3 Å². The number of aliphatic hydroxyl groups is 2. The molecule has 41 heavy (non-hydrogen) atoms. The van der Waals surface area contributed by atoms with Crippen LogP contribution in [-0.2, 0) is 11.1 Å². The highest BCUT2D eigenvalue weighted by molar-refractivity contribution is 5.80. The molecule has 2 N–H and O–H groups in total. The van der Waals surface area contributed by atoms with Gasteiger partial charge in [-0.05, 0) is 56.5 Å². The smallest absolute Gasteiger partial charge is 0.225 e. The van der Waals surface area contributed by atoms with Gasteiger partial charge in [0.25, 0.3) is 0 Å². The topological polar surface area (TPSA) is 117 Å². The number of aliphatic hydroxyl groups excluding tert-OH is 1. The van der Waals surface area contributed by atoms with Crippen LogP contribution < -0.4 is 4.90 Å². The second-order valence-corrected chi connectivity index (χ2v) is 11.1. The van der Waals surface area contributed by atoms with E-state index in [1.807, 2.05) is 30.8 Å². The Bertz CT molecular complexity index is 1720. The van der Waals surface area contributed by atoms with Crippen molar-refractivity contribution in [2.75, 3.05) is 24.6 Å². The summed E-state index contributed by atoms with van der Waals surface area (Å²) in [5, 5.41) is 29.6. The van der Waals surface area contributed by atoms with Gasteiger partial charge < -0.3 is 15.1 Å². The first kappa shape index (κ1) is 26.7. The molecule has 0 radical (unpaired) electrons. The molecule has 11 heteroatoms. The predicted octanol–water partition coefficient (Wildman–Crippen LogP) is 3.80. The van der Waals surface area contributed by atoms with E-state index in [4.69, 9.17) is 0 Å². The van der Waals surface area contributed by atoms with Gasteiger partial charge in [0.05, 0.1) is 29.6 Å². The molecular weight excluding hydrogens is 523 g/mol. The van der Waals surface area contributed by atoms with E-state index in [9.17, 15) is 14.6 Å². The molecule has 0 saturated carbocycles. The van der Waals surface area contributed by atoms with Gasteiger partial charge >= 0.3 is 0 Å². The van der Waals surface area contributed by atoms with E-state index in [2.05, 4.69) is 42.2 Å². The summed E-state index contributed by atoms with van der Waals surface area (Å²) < 4.78 is 16.9. The second-order valence-electron chi connectivity index (χ2n) is 11.1. The van der Waals surface area contributed by atoms with Crippen LogP contribution in [0.15, 0.2) is 73.7 Å². The van der Waals surface area contributed by atoms with E-state index >= 15 is 0 Å². The van der Waals surface area contributed by atoms with Crippen molar-refractivity contribution in [3.63, 3.8) is 0 Å². The van der Waals surface area contributed by atoms with Crippen molar-refractivity contribution >= 4 is 17.0 Å². The number of fused-ring (bicyclic) bond motifs is 1. The predicted molar refractivity (Wildman–Crippen MR) is 153 cm³/mol. The lowest BCUT2D eigenvalue weighted by molar-refractivity contribution is 0.101. The van der Waals surface area contributed by atoms with Crippen LogP contribution >= 0.6 is 0 Å². The third-order valence-electron chi connectivity index (χ3n) is 7.73. The SMILES string of the molecule is CC(O)(c1ccc(F)cc1)c1cnc(N2CC=C(c3ncnn4cc(-c5cnn(C(C)(C)CO)c5)cc34)CC2)nc1. The Labute approximate surface area is 236 Å². The fraction of sp³-hybridized carbons (Fsp3) is 0.300. The van der Waals surface area contributed by atoms with E-state index in [0.717, 1.165) is 34.3 Å². The highest BCUT2D eigenvalue weighted by Crippen LogP contribution is 2.31. The summed E-state index contributed by atoms with van der Waals surface area (Å²) in [5.41, 5.74) is 4.05. The third kappa shape index (κ3) is 4.98. The summed E-state index contributed by atoms with van der Waals surface area (Å²) in [7, 11) is 0. The Hall–Kier alpha value is -4.48. The monoisotopic (exact) mass is 554 g/mol. The summed E-state index contributed by atoms with van der Waals surface area (Å²) in [6.45, 7) is 6.80. The largest absolute Gasteiger partial charge is 0.394 e. The molecule has 0 spiro atoms. The number of anilines is 1. The fourth-order valence-corrected chi connectivity index (χ4v) is 4.95. The van der Waals surface area contributed by atoms with E-state index in [0.29, 0.717) is 30.2 Å². The Morgan fingerprint density at radius 2 is 1.68 bits per heavy atom. The van der Waals surface area contributed by atoms with Crippen LogP contribution in [0, 0.1) is 5.82 Å². The average molecular weight is 555 g/mol. The maximum atomic E-state index is 13.3. The van der Waals surface area contributed by atoms with Gasteiger partial charge in [0.1, 0.15) is 17.7 Å². The lowest BCUT2D eigenvalue weighted by atomic mass is 9.90. The zero-order valence-electron chi connectivity index (χ0n) is 23.1. The van der Waals surface area contributed by atoms with Gasteiger partial charge in [0, 0.05) is 54.6 Å². The number of benzene rings is 1. The Morgan fingerprint density at radius 3 is 2.37 bits per heavy atom. The minimum atomic E-state index is -1.34. The molecule has 4 aromatic heterocycles. The molecule has 1 aliphatic heterocycles. The molecule has 1 unspecified atom stereocenters. The Balaban J connectivity index is 1.20. The summed E-state index contributed by atoms with van der Waals surface area (Å²) in [6.07, 6.45) is 13.4. The highest BCUT2D eigenvalue weighted by Gasteiger charge is 2.27. The molecule has 5 aromatic rings. The number of halogens is 1. The first-order chi connectivity index (χ1) is 19.7. The molecule has 1 aliphatic rings. The normalized spacial score (nSPS) is 15.7. The van der Waals surface area contributed by atoms with Crippen LogP contribution in [-0.4, -0.2) is 64.3 Å². The first-order valence-electron chi connectivity index (χ1n) is 13.4. The van der Waals surface area contributed by atoms with E-state index in [1.165, 1.54) is 12.1 Å². The molecule has 0 bridgehead atoms. The van der Waals surface area contributed by atoms with Gasteiger partial charge in [0.15, 0.2) is 0 Å². The molecule has 0 aliphatic carbocycles. The molecule has 0 fully saturated rings. The summed E-state index contributed by atoms with van der Waals surface area (Å²) in [4.78, 5) is 15.7. The quantitative estimate of drug-likeness (QED) is 0.312. The van der Waals surface area contributed by atoms with Crippen molar-refractivity contribution in [3.8, 4) is 11.1 Å². The lowest BCUT2D eigenvalue weighted by Crippen LogP contribution is -2.30. The molecular formula is C30H31FN8O2. The van der Waals surface area contributed by atoms with Crippen molar-refractivity contribution in [1.29, 1.82) is 0 Å². The minimum Gasteiger partial charge on any atom is -0.394 e. The van der Waals surface area contributed by atoms with Crippen molar-refractivity contribution < 1.29 is 14.6 Å². The van der Waals surface area contributed by atoms with Gasteiger partial charge in [-0.2, -0.15) is 10.2 Å². The summed E-state index contributed by atoms with van der Waals surface area (Å²) in [6, 6.07) is 7.83. The standard InChI is InChI=1S/C30H31FN8O2/c1-29(2,18-40)39-17-22(13-35-39)21-12-26-27(34-19-36-38(26)16-21)20-8-10-37(11-9-20)28-32-14-24(15-33-28)30(3,41)23-4-6-25(31)7-5-23/h4-8,12-17,19,40-41H,9-11,18H2,1-3H3. The van der Waals surface area contributed by atoms with Gasteiger partial charge in [-0.1, -0.05) is 18.2 Å². The van der Waals surface area contributed by atoms with Crippen molar-refractivity contribution in [2.24, 2.45) is 0 Å². The second kappa shape index (κ2) is 10.2. The van der Waals surface area contributed by atoms with Crippen molar-refractivity contribution in [2.45, 2.75) is 38.3 Å². The molecule has 1 aromatic carbocycles. The number of nitrogens with zero attached hydrogens (tertiary/aromatic N) is 8. The van der Waals surface area contributed by atoms with Gasteiger partial charge in [0.2, 0.25) is 5.95 Å². The van der Waals surface area contributed by atoms with Crippen LogP contribution in [0.3, 0.4) is 0 Å². The molecule has 0 saturated heterocycles. The number of aromatic nitrogens is 7. The first-order valence-corrected chi connectivity index (χ1v) is 13.4. The lowest BCUT2D eigenvalue weighted by Gasteiger charge is -2.28. The van der Waals surface area contributed by atoms with Crippen LogP contribution in [0.1, 0.15) is 44.0 Å². The van der Waals surface area contributed by atoms with Crippen molar-refractivity contribution in [3.05, 3.63) is 96.4 Å². The molecule has 10 nitrogen and oxygen atoms in total. The number of rotatable bonds is 7. The van der Waals surface area contributed by atoms with Crippen LogP contribution in [0.5, 0.6) is 0 Å². The molecule has 6 rings (SSSR count). The zero-order chi connectivity index (χ0) is 28.8. The van der Waals surface area contributed by atoms with Crippen LogP contribution in [0.25, 0.3) is 22.2 Å². The molecule has 210 valence electrons. The number of hydrogen-bond donors (Lipinski definition) is 2. The summed E-state index contributed by atoms with van der Waals surface area (Å²) >= 11 is 0. The van der Waals surface area contributed by atoms with E-state index in [1.54, 1.807) is 48.7 Å². The zero-order valence-corrected chi connectivity index (χ0v) is 23.1. The Kier molecular flexibility index (Phi) is 6.63. The van der Waals surface area contributed by atoms with Gasteiger partial charge in [-0.25, -0.2) is 23.9 Å². The maximum Gasteiger partial charge on any atom is 0.225 e. The molecule has 5 heterocycles. The molecule has 1 atom stereocenters. The Morgan fingerprint density at radius 1 is 0.927 bits per heavy atom. The van der Waals surface area contributed by atoms with Gasteiger partial charge in [-0.15, -0.1) is 0 Å². The van der Waals surface area contributed by atoms with E-state index < -0.39 is 11.1 Å². The summed E-state index contributed by atoms with van der Waals surface area (Å²) in [5.74, 6) is 0.212.